The van der Waals surface area contributed by atoms with Gasteiger partial charge in [0, 0.05) is 21.0 Å². The van der Waals surface area contributed by atoms with Gasteiger partial charge < -0.3 is 0 Å². The summed E-state index contributed by atoms with van der Waals surface area (Å²) in [6.07, 6.45) is -4.51. The molecular formula is C25H13ClF4N2S. The summed E-state index contributed by atoms with van der Waals surface area (Å²) in [5, 5.41) is 10.7. The van der Waals surface area contributed by atoms with E-state index in [1.165, 1.54) is 24.3 Å². The van der Waals surface area contributed by atoms with Crippen LogP contribution in [-0.4, -0.2) is 4.98 Å². The third-order valence-corrected chi connectivity index (χ3v) is 6.02. The largest absolute Gasteiger partial charge is 0.416 e. The molecule has 8 heteroatoms. The second-order valence-corrected chi connectivity index (χ2v) is 8.49. The zero-order valence-corrected chi connectivity index (χ0v) is 18.3. The highest BCUT2D eigenvalue weighted by Gasteiger charge is 2.30. The lowest BCUT2D eigenvalue weighted by Gasteiger charge is -2.14. The van der Waals surface area contributed by atoms with Gasteiger partial charge in [-0.15, -0.1) is 0 Å². The Labute approximate surface area is 196 Å². The Bertz CT molecular complexity index is 1350. The minimum absolute atomic E-state index is 0.252. The Morgan fingerprint density at radius 2 is 1.58 bits per heavy atom. The third-order valence-electron chi connectivity index (χ3n) is 4.77. The maximum Gasteiger partial charge on any atom is 0.416 e. The average molecular weight is 485 g/mol. The third kappa shape index (κ3) is 5.19. The van der Waals surface area contributed by atoms with Crippen LogP contribution in [0.1, 0.15) is 11.1 Å². The predicted molar refractivity (Wildman–Crippen MR) is 120 cm³/mol. The Morgan fingerprint density at radius 3 is 2.21 bits per heavy atom. The molecular weight excluding hydrogens is 472 g/mol. The van der Waals surface area contributed by atoms with Crippen molar-refractivity contribution in [3.8, 4) is 28.5 Å². The van der Waals surface area contributed by atoms with E-state index in [0.717, 1.165) is 23.9 Å². The van der Waals surface area contributed by atoms with Crippen LogP contribution in [0.4, 0.5) is 17.6 Å². The Morgan fingerprint density at radius 1 is 0.879 bits per heavy atom. The van der Waals surface area contributed by atoms with Crippen LogP contribution in [0.2, 0.25) is 5.02 Å². The highest BCUT2D eigenvalue weighted by molar-refractivity contribution is 7.99. The lowest BCUT2D eigenvalue weighted by atomic mass is 9.98. The van der Waals surface area contributed by atoms with Gasteiger partial charge in [-0.05, 0) is 60.2 Å². The molecule has 0 spiro atoms. The summed E-state index contributed by atoms with van der Waals surface area (Å²) in [6, 6.07) is 21.0. The molecule has 0 saturated carbocycles. The molecule has 4 rings (SSSR count). The number of benzene rings is 3. The molecule has 0 aliphatic carbocycles. The molecule has 33 heavy (non-hydrogen) atoms. The number of nitriles is 1. The van der Waals surface area contributed by atoms with E-state index >= 15 is 0 Å². The van der Waals surface area contributed by atoms with Crippen molar-refractivity contribution in [3.63, 3.8) is 0 Å². The first-order valence-corrected chi connectivity index (χ1v) is 10.8. The number of hydrogen-bond acceptors (Lipinski definition) is 3. The van der Waals surface area contributed by atoms with Crippen molar-refractivity contribution in [2.75, 3.05) is 0 Å². The number of aromatic nitrogens is 1. The Kier molecular flexibility index (Phi) is 6.41. The summed E-state index contributed by atoms with van der Waals surface area (Å²) >= 11 is 7.12. The second-order valence-electron chi connectivity index (χ2n) is 6.99. The van der Waals surface area contributed by atoms with Gasteiger partial charge >= 0.3 is 6.18 Å². The lowest BCUT2D eigenvalue weighted by Crippen LogP contribution is -2.05. The summed E-state index contributed by atoms with van der Waals surface area (Å²) < 4.78 is 53.1. The quantitative estimate of drug-likeness (QED) is 0.274. The SMILES string of the molecule is N#Cc1c(-c2ccc(Cl)cc2)cc(-c2cccc(C(F)(F)F)c2)nc1Sc1ccc(F)cc1. The van der Waals surface area contributed by atoms with Gasteiger partial charge in [-0.25, -0.2) is 9.37 Å². The summed E-state index contributed by atoms with van der Waals surface area (Å²) in [4.78, 5) is 5.14. The molecule has 3 aromatic carbocycles. The number of halogens is 5. The summed E-state index contributed by atoms with van der Waals surface area (Å²) in [6.45, 7) is 0. The Hall–Kier alpha value is -3.34. The smallest absolute Gasteiger partial charge is 0.240 e. The molecule has 0 amide bonds. The van der Waals surface area contributed by atoms with Gasteiger partial charge in [-0.1, -0.05) is 47.6 Å². The molecule has 0 unspecified atom stereocenters. The van der Waals surface area contributed by atoms with Crippen LogP contribution < -0.4 is 0 Å². The zero-order chi connectivity index (χ0) is 23.6. The van der Waals surface area contributed by atoms with Crippen LogP contribution >= 0.6 is 23.4 Å². The van der Waals surface area contributed by atoms with Gasteiger partial charge in [0.25, 0.3) is 0 Å². The van der Waals surface area contributed by atoms with Gasteiger partial charge in [0.1, 0.15) is 16.9 Å². The number of hydrogen-bond donors (Lipinski definition) is 0. The van der Waals surface area contributed by atoms with Crippen molar-refractivity contribution >= 4 is 23.4 Å². The molecule has 0 atom stereocenters. The van der Waals surface area contributed by atoms with Crippen molar-refractivity contribution in [1.82, 2.24) is 4.98 Å². The van der Waals surface area contributed by atoms with Crippen molar-refractivity contribution in [2.24, 2.45) is 0 Å². The number of rotatable bonds is 4. The fourth-order valence-corrected chi connectivity index (χ4v) is 4.20. The van der Waals surface area contributed by atoms with Gasteiger partial charge in [0.05, 0.1) is 16.8 Å². The van der Waals surface area contributed by atoms with Crippen LogP contribution in [0.15, 0.2) is 88.8 Å². The van der Waals surface area contributed by atoms with Crippen LogP contribution in [0, 0.1) is 17.1 Å². The monoisotopic (exact) mass is 484 g/mol. The molecule has 0 fully saturated rings. The fourth-order valence-electron chi connectivity index (χ4n) is 3.18. The van der Waals surface area contributed by atoms with E-state index in [-0.39, 0.29) is 16.8 Å². The van der Waals surface area contributed by atoms with Gasteiger partial charge in [0.2, 0.25) is 0 Å². The molecule has 1 aromatic heterocycles. The number of alkyl halides is 3. The fraction of sp³-hybridized carbons (Fsp3) is 0.0400. The van der Waals surface area contributed by atoms with Crippen molar-refractivity contribution in [3.05, 3.63) is 101 Å². The van der Waals surface area contributed by atoms with Gasteiger partial charge in [0.15, 0.2) is 0 Å². The van der Waals surface area contributed by atoms with Crippen LogP contribution in [0.5, 0.6) is 0 Å². The zero-order valence-electron chi connectivity index (χ0n) is 16.7. The summed E-state index contributed by atoms with van der Waals surface area (Å²) in [5.41, 5.74) is 1.14. The van der Waals surface area contributed by atoms with Crippen LogP contribution in [0.3, 0.4) is 0 Å². The number of nitrogens with zero attached hydrogens (tertiary/aromatic N) is 2. The molecule has 4 aromatic rings. The molecule has 0 saturated heterocycles. The predicted octanol–water partition coefficient (Wildman–Crippen LogP) is 8.25. The molecule has 0 aliphatic heterocycles. The lowest BCUT2D eigenvalue weighted by molar-refractivity contribution is -0.137. The molecule has 1 heterocycles. The molecule has 164 valence electrons. The summed E-state index contributed by atoms with van der Waals surface area (Å²) in [7, 11) is 0. The highest BCUT2D eigenvalue weighted by Crippen LogP contribution is 2.38. The molecule has 0 radical (unpaired) electrons. The van der Waals surface area contributed by atoms with E-state index < -0.39 is 17.6 Å². The second kappa shape index (κ2) is 9.26. The van der Waals surface area contributed by atoms with E-state index in [1.54, 1.807) is 42.5 Å². The van der Waals surface area contributed by atoms with E-state index in [1.807, 2.05) is 0 Å². The molecule has 0 N–H and O–H groups in total. The van der Waals surface area contributed by atoms with Crippen LogP contribution in [-0.2, 0) is 6.18 Å². The van der Waals surface area contributed by atoms with Crippen molar-refractivity contribution < 1.29 is 17.6 Å². The van der Waals surface area contributed by atoms with E-state index in [4.69, 9.17) is 11.6 Å². The van der Waals surface area contributed by atoms with Crippen molar-refractivity contribution in [2.45, 2.75) is 16.1 Å². The standard InChI is InChI=1S/C25H13ClF4N2S/c26-18-6-4-15(5-7-18)21-13-23(16-2-1-3-17(12-16)25(28,29)30)32-24(22(21)14-31)33-20-10-8-19(27)9-11-20/h1-13H. The highest BCUT2D eigenvalue weighted by atomic mass is 35.5. The minimum Gasteiger partial charge on any atom is -0.240 e. The van der Waals surface area contributed by atoms with Crippen LogP contribution in [0.25, 0.3) is 22.4 Å². The first-order chi connectivity index (χ1) is 15.7. The first-order valence-electron chi connectivity index (χ1n) is 9.57. The van der Waals surface area contributed by atoms with Gasteiger partial charge in [-0.2, -0.15) is 18.4 Å². The molecule has 0 bridgehead atoms. The van der Waals surface area contributed by atoms with E-state index in [9.17, 15) is 22.8 Å². The van der Waals surface area contributed by atoms with E-state index in [0.29, 0.717) is 26.1 Å². The number of pyridine rings is 1. The van der Waals surface area contributed by atoms with Crippen molar-refractivity contribution in [1.29, 1.82) is 5.26 Å². The first kappa shape index (κ1) is 22.8. The summed E-state index contributed by atoms with van der Waals surface area (Å²) in [5.74, 6) is -0.410. The maximum atomic E-state index is 13.3. The minimum atomic E-state index is -4.51. The topological polar surface area (TPSA) is 36.7 Å². The Balaban J connectivity index is 1.92. The van der Waals surface area contributed by atoms with E-state index in [2.05, 4.69) is 11.1 Å². The van der Waals surface area contributed by atoms with Gasteiger partial charge in [-0.3, -0.25) is 0 Å². The average Bonchev–Trinajstić information content (AvgIpc) is 2.80. The normalized spacial score (nSPS) is 11.3. The molecule has 0 aliphatic rings. The maximum absolute atomic E-state index is 13.3. The molecule has 2 nitrogen and oxygen atoms in total.